The number of hydrogen-bond acceptors (Lipinski definition) is 5. The van der Waals surface area contributed by atoms with Crippen LogP contribution in [0.4, 0.5) is 0 Å². The molecule has 3 rings (SSSR count). The van der Waals surface area contributed by atoms with Gasteiger partial charge in [-0.2, -0.15) is 0 Å². The minimum atomic E-state index is -3.19. The molecule has 0 unspecified atom stereocenters. The first-order valence-electron chi connectivity index (χ1n) is 7.72. The van der Waals surface area contributed by atoms with Gasteiger partial charge >= 0.3 is 0 Å². The molecule has 0 aliphatic carbocycles. The van der Waals surface area contributed by atoms with Gasteiger partial charge in [-0.15, -0.1) is 36.2 Å². The van der Waals surface area contributed by atoms with Crippen molar-refractivity contribution in [1.29, 1.82) is 0 Å². The first-order valence-corrected chi connectivity index (χ1v) is 10.5. The second kappa shape index (κ2) is 9.85. The molecule has 2 atom stereocenters. The van der Waals surface area contributed by atoms with Crippen LogP contribution in [0.15, 0.2) is 35.7 Å². The molecule has 1 saturated heterocycles. The fraction of sp³-hybridized carbons (Fsp3) is 0.438. The summed E-state index contributed by atoms with van der Waals surface area (Å²) >= 11 is 1.63. The Kier molecular flexibility index (Phi) is 8.80. The number of aromatic nitrogens is 1. The zero-order valence-electron chi connectivity index (χ0n) is 13.8. The Labute approximate surface area is 165 Å². The summed E-state index contributed by atoms with van der Waals surface area (Å²) in [7, 11) is -3.19. The highest BCUT2D eigenvalue weighted by atomic mass is 35.5. The molecule has 2 heterocycles. The van der Waals surface area contributed by atoms with Gasteiger partial charge in [0.2, 0.25) is 10.0 Å². The summed E-state index contributed by atoms with van der Waals surface area (Å²) in [6.07, 6.45) is 3.79. The van der Waals surface area contributed by atoms with Gasteiger partial charge < -0.3 is 5.32 Å². The summed E-state index contributed by atoms with van der Waals surface area (Å²) in [5.74, 6) is 0. The highest BCUT2D eigenvalue weighted by Gasteiger charge is 2.27. The van der Waals surface area contributed by atoms with Gasteiger partial charge in [-0.25, -0.2) is 18.1 Å². The van der Waals surface area contributed by atoms with Crippen molar-refractivity contribution in [1.82, 2.24) is 15.0 Å². The number of nitrogens with zero attached hydrogens (tertiary/aromatic N) is 1. The maximum atomic E-state index is 11.5. The number of benzene rings is 1. The van der Waals surface area contributed by atoms with Crippen LogP contribution < -0.4 is 10.0 Å². The van der Waals surface area contributed by atoms with Crippen molar-refractivity contribution in [2.24, 2.45) is 0 Å². The van der Waals surface area contributed by atoms with Crippen molar-refractivity contribution in [3.8, 4) is 10.6 Å². The van der Waals surface area contributed by atoms with E-state index in [0.29, 0.717) is 0 Å². The summed E-state index contributed by atoms with van der Waals surface area (Å²) in [6, 6.07) is 10.1. The van der Waals surface area contributed by atoms with Crippen LogP contribution in [-0.4, -0.2) is 38.3 Å². The van der Waals surface area contributed by atoms with E-state index in [-0.39, 0.29) is 36.9 Å². The minimum Gasteiger partial charge on any atom is -0.312 e. The molecule has 5 nitrogen and oxygen atoms in total. The third-order valence-electron chi connectivity index (χ3n) is 3.95. The SMILES string of the molecule is CS(=O)(=O)N[C@H]1CCCN[C@H]1Cc1csc(-c2ccccc2)n1.Cl.Cl. The van der Waals surface area contributed by atoms with Crippen molar-refractivity contribution >= 4 is 46.2 Å². The fourth-order valence-corrected chi connectivity index (χ4v) is 4.59. The Morgan fingerprint density at radius 3 is 2.68 bits per heavy atom. The van der Waals surface area contributed by atoms with E-state index in [1.54, 1.807) is 11.3 Å². The zero-order valence-corrected chi connectivity index (χ0v) is 17.1. The normalized spacial score (nSPS) is 20.4. The van der Waals surface area contributed by atoms with Crippen molar-refractivity contribution in [3.05, 3.63) is 41.4 Å². The molecule has 140 valence electrons. The average molecular weight is 424 g/mol. The van der Waals surface area contributed by atoms with Gasteiger partial charge in [-0.3, -0.25) is 0 Å². The Morgan fingerprint density at radius 1 is 1.28 bits per heavy atom. The molecule has 25 heavy (non-hydrogen) atoms. The largest absolute Gasteiger partial charge is 0.312 e. The zero-order chi connectivity index (χ0) is 16.3. The summed E-state index contributed by atoms with van der Waals surface area (Å²) in [4.78, 5) is 4.71. The first kappa shape index (κ1) is 22.3. The molecule has 0 radical (unpaired) electrons. The van der Waals surface area contributed by atoms with Gasteiger partial charge in [0, 0.05) is 29.4 Å². The molecule has 0 amide bonds. The summed E-state index contributed by atoms with van der Waals surface area (Å²) in [5.41, 5.74) is 2.12. The number of piperidine rings is 1. The van der Waals surface area contributed by atoms with Crippen LogP contribution in [0.2, 0.25) is 0 Å². The quantitative estimate of drug-likeness (QED) is 0.775. The lowest BCUT2D eigenvalue weighted by Gasteiger charge is -2.32. The lowest BCUT2D eigenvalue weighted by Crippen LogP contribution is -2.54. The highest BCUT2D eigenvalue weighted by Crippen LogP contribution is 2.24. The maximum Gasteiger partial charge on any atom is 0.209 e. The average Bonchev–Trinajstić information content (AvgIpc) is 2.97. The monoisotopic (exact) mass is 423 g/mol. The molecule has 0 bridgehead atoms. The molecular formula is C16H23Cl2N3O2S2. The van der Waals surface area contributed by atoms with E-state index in [2.05, 4.69) is 27.6 Å². The van der Waals surface area contributed by atoms with Crippen LogP contribution in [0, 0.1) is 0 Å². The Balaban J connectivity index is 0.00000156. The number of hydrogen-bond donors (Lipinski definition) is 2. The van der Waals surface area contributed by atoms with E-state index in [4.69, 9.17) is 4.98 Å². The summed E-state index contributed by atoms with van der Waals surface area (Å²) in [5, 5.41) is 6.50. The minimum absolute atomic E-state index is 0. The van der Waals surface area contributed by atoms with Crippen LogP contribution in [0.5, 0.6) is 0 Å². The van der Waals surface area contributed by atoms with Crippen LogP contribution in [0.25, 0.3) is 10.6 Å². The van der Waals surface area contributed by atoms with E-state index in [0.717, 1.165) is 42.1 Å². The molecule has 1 aliphatic heterocycles. The predicted molar refractivity (Wildman–Crippen MR) is 109 cm³/mol. The topological polar surface area (TPSA) is 71.1 Å². The lowest BCUT2D eigenvalue weighted by atomic mass is 9.96. The third-order valence-corrected chi connectivity index (χ3v) is 5.62. The molecular weight excluding hydrogens is 401 g/mol. The Hall–Kier alpha value is -0.700. The number of sulfonamides is 1. The molecule has 1 aromatic carbocycles. The van der Waals surface area contributed by atoms with E-state index < -0.39 is 10.0 Å². The van der Waals surface area contributed by atoms with Gasteiger partial charge in [-0.05, 0) is 19.4 Å². The second-order valence-corrected chi connectivity index (χ2v) is 8.55. The maximum absolute atomic E-state index is 11.5. The van der Waals surface area contributed by atoms with E-state index in [9.17, 15) is 8.42 Å². The van der Waals surface area contributed by atoms with Gasteiger partial charge in [0.1, 0.15) is 5.01 Å². The summed E-state index contributed by atoms with van der Waals surface area (Å²) in [6.45, 7) is 0.919. The van der Waals surface area contributed by atoms with Gasteiger partial charge in [-0.1, -0.05) is 30.3 Å². The molecule has 2 aromatic rings. The van der Waals surface area contributed by atoms with Crippen molar-refractivity contribution in [2.75, 3.05) is 12.8 Å². The summed E-state index contributed by atoms with van der Waals surface area (Å²) < 4.78 is 25.8. The second-order valence-electron chi connectivity index (χ2n) is 5.91. The van der Waals surface area contributed by atoms with E-state index in [1.807, 2.05) is 18.2 Å². The number of rotatable bonds is 5. The van der Waals surface area contributed by atoms with E-state index >= 15 is 0 Å². The standard InChI is InChI=1S/C16H21N3O2S2.2ClH/c1-23(20,21)19-14-8-5-9-17-15(14)10-13-11-22-16(18-13)12-6-3-2-4-7-12;;/h2-4,6-7,11,14-15,17,19H,5,8-10H2,1H3;2*1H/t14-,15-;;/m0../s1. The number of thiazole rings is 1. The molecule has 0 spiro atoms. The van der Waals surface area contributed by atoms with Crippen LogP contribution in [0.1, 0.15) is 18.5 Å². The van der Waals surface area contributed by atoms with Crippen molar-refractivity contribution in [3.63, 3.8) is 0 Å². The molecule has 1 aliphatic rings. The van der Waals surface area contributed by atoms with Gasteiger partial charge in [0.15, 0.2) is 0 Å². The number of halogens is 2. The molecule has 2 N–H and O–H groups in total. The first-order chi connectivity index (χ1) is 11.0. The molecule has 0 saturated carbocycles. The van der Waals surface area contributed by atoms with E-state index in [1.165, 1.54) is 6.26 Å². The smallest absolute Gasteiger partial charge is 0.209 e. The van der Waals surface area contributed by atoms with Crippen LogP contribution in [0.3, 0.4) is 0 Å². The highest BCUT2D eigenvalue weighted by molar-refractivity contribution is 7.88. The molecule has 1 fully saturated rings. The van der Waals surface area contributed by atoms with Crippen LogP contribution in [-0.2, 0) is 16.4 Å². The number of nitrogens with one attached hydrogen (secondary N) is 2. The lowest BCUT2D eigenvalue weighted by molar-refractivity contribution is 0.328. The Morgan fingerprint density at radius 2 is 2.00 bits per heavy atom. The van der Waals surface area contributed by atoms with Gasteiger partial charge in [0.05, 0.1) is 11.9 Å². The molecule has 9 heteroatoms. The Bertz CT molecular complexity index is 754. The molecule has 1 aromatic heterocycles. The predicted octanol–water partition coefficient (Wildman–Crippen LogP) is 2.87. The van der Waals surface area contributed by atoms with Gasteiger partial charge in [0.25, 0.3) is 0 Å². The van der Waals surface area contributed by atoms with Crippen molar-refractivity contribution in [2.45, 2.75) is 31.3 Å². The third kappa shape index (κ3) is 6.51. The van der Waals surface area contributed by atoms with Crippen molar-refractivity contribution < 1.29 is 8.42 Å². The fourth-order valence-electron chi connectivity index (χ4n) is 2.92. The van der Waals surface area contributed by atoms with Crippen LogP contribution >= 0.6 is 36.2 Å².